The predicted molar refractivity (Wildman–Crippen MR) is 72.4 cm³/mol. The van der Waals surface area contributed by atoms with Crippen LogP contribution in [0.1, 0.15) is 10.4 Å². The van der Waals surface area contributed by atoms with Crippen molar-refractivity contribution in [3.63, 3.8) is 0 Å². The molecule has 1 amide bonds. The number of carbonyl (C=O) groups is 1. The van der Waals surface area contributed by atoms with Crippen molar-refractivity contribution in [3.05, 3.63) is 21.9 Å². The van der Waals surface area contributed by atoms with E-state index in [1.807, 2.05) is 0 Å². The zero-order chi connectivity index (χ0) is 10.7. The molecule has 0 saturated carbocycles. The number of hydrogen-bond acceptors (Lipinski definition) is 4. The highest BCUT2D eigenvalue weighted by Crippen LogP contribution is 2.15. The first-order valence-corrected chi connectivity index (χ1v) is 6.92. The van der Waals surface area contributed by atoms with Crippen LogP contribution in [0.25, 0.3) is 0 Å². The highest BCUT2D eigenvalue weighted by Gasteiger charge is 2.21. The maximum absolute atomic E-state index is 11.7. The Morgan fingerprint density at radius 3 is 3.06 bits per heavy atom. The minimum Gasteiger partial charge on any atom is -0.350 e. The maximum atomic E-state index is 11.7. The van der Waals surface area contributed by atoms with Crippen LogP contribution in [0.3, 0.4) is 0 Å². The minimum absolute atomic E-state index is 0. The van der Waals surface area contributed by atoms with E-state index >= 15 is 0 Å². The number of nitrogens with one attached hydrogen (secondary N) is 2. The third-order valence-electron chi connectivity index (χ3n) is 2.42. The molecule has 90 valence electrons. The Morgan fingerprint density at radius 1 is 1.69 bits per heavy atom. The number of thiophene rings is 1. The van der Waals surface area contributed by atoms with Crippen LogP contribution < -0.4 is 10.6 Å². The van der Waals surface area contributed by atoms with Gasteiger partial charge in [-0.15, -0.1) is 35.5 Å². The van der Waals surface area contributed by atoms with Gasteiger partial charge in [0, 0.05) is 16.5 Å². The van der Waals surface area contributed by atoms with Gasteiger partial charge >= 0.3 is 0 Å². The predicted octanol–water partition coefficient (Wildman–Crippen LogP) is 1.76. The van der Waals surface area contributed by atoms with Crippen molar-refractivity contribution < 1.29 is 4.79 Å². The van der Waals surface area contributed by atoms with Gasteiger partial charge in [-0.2, -0.15) is 0 Å². The van der Waals surface area contributed by atoms with Gasteiger partial charge in [0.1, 0.15) is 0 Å². The number of carbonyl (C=O) groups excluding carboxylic acids is 1. The molecule has 16 heavy (non-hydrogen) atoms. The summed E-state index contributed by atoms with van der Waals surface area (Å²) in [6, 6.07) is 2.07. The maximum Gasteiger partial charge on any atom is 0.238 e. The summed E-state index contributed by atoms with van der Waals surface area (Å²) in [5.41, 5.74) is 1.26. The van der Waals surface area contributed by atoms with Crippen LogP contribution in [0.5, 0.6) is 0 Å². The van der Waals surface area contributed by atoms with Crippen LogP contribution in [0.2, 0.25) is 0 Å². The number of thioether (sulfide) groups is 1. The van der Waals surface area contributed by atoms with E-state index in [2.05, 4.69) is 29.0 Å². The van der Waals surface area contributed by atoms with Crippen molar-refractivity contribution in [2.45, 2.75) is 19.5 Å². The summed E-state index contributed by atoms with van der Waals surface area (Å²) in [5, 5.41) is 8.17. The summed E-state index contributed by atoms with van der Waals surface area (Å²) < 4.78 is 0. The fraction of sp³-hybridized carbons (Fsp3) is 0.500. The van der Waals surface area contributed by atoms with Crippen LogP contribution in [-0.2, 0) is 11.3 Å². The lowest BCUT2D eigenvalue weighted by Gasteiger charge is -2.09. The largest absolute Gasteiger partial charge is 0.350 e. The standard InChI is InChI=1S/C10H14N2OS2.ClH/c1-7-2-3-15-9(7)4-11-10(13)8-5-14-6-12-8;/h2-3,8,12H,4-6H2,1H3,(H,11,13);1H. The van der Waals surface area contributed by atoms with Crippen molar-refractivity contribution in [1.29, 1.82) is 0 Å². The van der Waals surface area contributed by atoms with Gasteiger partial charge in [0.2, 0.25) is 5.91 Å². The first-order chi connectivity index (χ1) is 7.27. The van der Waals surface area contributed by atoms with Crippen molar-refractivity contribution in [2.75, 3.05) is 11.6 Å². The molecule has 0 bridgehead atoms. The van der Waals surface area contributed by atoms with Gasteiger partial charge in [0.15, 0.2) is 0 Å². The molecule has 1 aliphatic rings. The second kappa shape index (κ2) is 6.49. The molecule has 2 N–H and O–H groups in total. The Labute approximate surface area is 110 Å². The van der Waals surface area contributed by atoms with Crippen LogP contribution in [0.15, 0.2) is 11.4 Å². The Kier molecular flexibility index (Phi) is 5.61. The SMILES string of the molecule is Cc1ccsc1CNC(=O)C1CSCN1.Cl. The Morgan fingerprint density at radius 2 is 2.50 bits per heavy atom. The van der Waals surface area contributed by atoms with E-state index in [0.717, 1.165) is 11.6 Å². The van der Waals surface area contributed by atoms with E-state index in [0.29, 0.717) is 6.54 Å². The Bertz CT molecular complexity index is 350. The van der Waals surface area contributed by atoms with E-state index in [4.69, 9.17) is 0 Å². The van der Waals surface area contributed by atoms with E-state index in [-0.39, 0.29) is 24.4 Å². The monoisotopic (exact) mass is 278 g/mol. The second-order valence-corrected chi connectivity index (χ2v) is 5.55. The molecule has 6 heteroatoms. The average Bonchev–Trinajstić information content (AvgIpc) is 2.85. The minimum atomic E-state index is -0.00438. The van der Waals surface area contributed by atoms with Gasteiger partial charge in [-0.3, -0.25) is 10.1 Å². The summed E-state index contributed by atoms with van der Waals surface area (Å²) in [4.78, 5) is 12.9. The zero-order valence-corrected chi connectivity index (χ0v) is 11.4. The summed E-state index contributed by atoms with van der Waals surface area (Å²) in [6.07, 6.45) is 0. The molecule has 3 nitrogen and oxygen atoms in total. The highest BCUT2D eigenvalue weighted by atomic mass is 35.5. The normalized spacial score (nSPS) is 19.2. The van der Waals surface area contributed by atoms with Gasteiger partial charge in [-0.1, -0.05) is 0 Å². The van der Waals surface area contributed by atoms with Gasteiger partial charge in [0.25, 0.3) is 0 Å². The summed E-state index contributed by atoms with van der Waals surface area (Å²) in [5.74, 6) is 1.89. The van der Waals surface area contributed by atoms with Crippen molar-refractivity contribution in [1.82, 2.24) is 10.6 Å². The molecule has 0 radical (unpaired) electrons. The number of hydrogen-bond donors (Lipinski definition) is 2. The fourth-order valence-corrected chi connectivity index (χ4v) is 3.23. The molecule has 1 aromatic heterocycles. The molecule has 1 atom stereocenters. The lowest BCUT2D eigenvalue weighted by Crippen LogP contribution is -2.41. The average molecular weight is 279 g/mol. The third kappa shape index (κ3) is 3.38. The second-order valence-electron chi connectivity index (χ2n) is 3.52. The number of amides is 1. The Hall–Kier alpha value is -0.230. The number of halogens is 1. The van der Waals surface area contributed by atoms with Gasteiger partial charge in [-0.25, -0.2) is 0 Å². The first kappa shape index (κ1) is 13.8. The smallest absolute Gasteiger partial charge is 0.238 e. The number of aryl methyl sites for hydroxylation is 1. The quantitative estimate of drug-likeness (QED) is 0.885. The van der Waals surface area contributed by atoms with E-state index < -0.39 is 0 Å². The highest BCUT2D eigenvalue weighted by molar-refractivity contribution is 7.99. The van der Waals surface area contributed by atoms with Crippen molar-refractivity contribution in [3.8, 4) is 0 Å². The molecule has 1 saturated heterocycles. The number of rotatable bonds is 3. The van der Waals surface area contributed by atoms with E-state index in [9.17, 15) is 4.79 Å². The summed E-state index contributed by atoms with van der Waals surface area (Å²) in [7, 11) is 0. The van der Waals surface area contributed by atoms with Gasteiger partial charge in [-0.05, 0) is 23.9 Å². The molecule has 0 spiro atoms. The molecule has 1 fully saturated rings. The van der Waals surface area contributed by atoms with Gasteiger partial charge < -0.3 is 5.32 Å². The molecule has 1 aromatic rings. The Balaban J connectivity index is 0.00000128. The molecule has 2 rings (SSSR count). The first-order valence-electron chi connectivity index (χ1n) is 4.89. The topological polar surface area (TPSA) is 41.1 Å². The van der Waals surface area contributed by atoms with Crippen LogP contribution in [0, 0.1) is 6.92 Å². The van der Waals surface area contributed by atoms with Crippen LogP contribution >= 0.6 is 35.5 Å². The summed E-state index contributed by atoms with van der Waals surface area (Å²) >= 11 is 3.46. The summed E-state index contributed by atoms with van der Waals surface area (Å²) in [6.45, 7) is 2.73. The molecule has 0 aliphatic carbocycles. The molecule has 1 unspecified atom stereocenters. The van der Waals surface area contributed by atoms with E-state index in [1.165, 1.54) is 10.4 Å². The van der Waals surface area contributed by atoms with E-state index in [1.54, 1.807) is 23.1 Å². The van der Waals surface area contributed by atoms with Gasteiger partial charge in [0.05, 0.1) is 12.6 Å². The van der Waals surface area contributed by atoms with Crippen molar-refractivity contribution >= 4 is 41.4 Å². The lowest BCUT2D eigenvalue weighted by molar-refractivity contribution is -0.122. The fourth-order valence-electron chi connectivity index (χ4n) is 1.44. The third-order valence-corrected chi connectivity index (χ3v) is 4.39. The lowest BCUT2D eigenvalue weighted by atomic mass is 10.2. The molecular formula is C10H15ClN2OS2. The van der Waals surface area contributed by atoms with Crippen LogP contribution in [0.4, 0.5) is 0 Å². The zero-order valence-electron chi connectivity index (χ0n) is 8.99. The molecular weight excluding hydrogens is 264 g/mol. The van der Waals surface area contributed by atoms with Crippen LogP contribution in [-0.4, -0.2) is 23.6 Å². The molecule has 2 heterocycles. The molecule has 0 aromatic carbocycles. The van der Waals surface area contributed by atoms with Crippen molar-refractivity contribution in [2.24, 2.45) is 0 Å². The molecule has 1 aliphatic heterocycles.